The van der Waals surface area contributed by atoms with E-state index in [-0.39, 0.29) is 17.1 Å². The Balaban J connectivity index is 2.20. The van der Waals surface area contributed by atoms with Crippen molar-refractivity contribution in [2.75, 3.05) is 0 Å². The molecule has 1 aliphatic rings. The van der Waals surface area contributed by atoms with E-state index in [0.717, 1.165) is 0 Å². The molecule has 0 aromatic carbocycles. The van der Waals surface area contributed by atoms with Crippen LogP contribution >= 0.6 is 11.6 Å². The van der Waals surface area contributed by atoms with E-state index >= 15 is 0 Å². The summed E-state index contributed by atoms with van der Waals surface area (Å²) in [6.07, 6.45) is 9.42. The molecule has 0 saturated heterocycles. The number of hydrogen-bond donors (Lipinski definition) is 0. The van der Waals surface area contributed by atoms with E-state index in [1.165, 1.54) is 17.3 Å². The van der Waals surface area contributed by atoms with Crippen LogP contribution in [-0.2, 0) is 9.59 Å². The molecule has 1 aromatic rings. The zero-order valence-electron chi connectivity index (χ0n) is 12.3. The first kappa shape index (κ1) is 16.1. The van der Waals surface area contributed by atoms with Gasteiger partial charge in [-0.1, -0.05) is 24.3 Å². The fourth-order valence-corrected chi connectivity index (χ4v) is 2.45. The second-order valence-corrected chi connectivity index (χ2v) is 5.25. The minimum absolute atomic E-state index is 0.108. The molecule has 1 aliphatic carbocycles. The number of rotatable bonds is 5. The molecular formula is C16H16ClN3O2. The molecule has 0 amide bonds. The fourth-order valence-electron chi connectivity index (χ4n) is 2.12. The van der Waals surface area contributed by atoms with Crippen LogP contribution in [-0.4, -0.2) is 26.3 Å². The first-order valence-corrected chi connectivity index (χ1v) is 7.27. The van der Waals surface area contributed by atoms with Crippen LogP contribution in [0.2, 0.25) is 0 Å². The summed E-state index contributed by atoms with van der Waals surface area (Å²) in [5.74, 6) is -0.538. The largest absolute Gasteiger partial charge is 0.294 e. The van der Waals surface area contributed by atoms with Gasteiger partial charge in [0.2, 0.25) is 0 Å². The molecular weight excluding hydrogens is 302 g/mol. The van der Waals surface area contributed by atoms with E-state index in [0.29, 0.717) is 35.6 Å². The normalized spacial score (nSPS) is 16.5. The van der Waals surface area contributed by atoms with Crippen molar-refractivity contribution in [3.05, 3.63) is 53.6 Å². The number of hydrogen-bond acceptors (Lipinski definition) is 4. The van der Waals surface area contributed by atoms with E-state index in [4.69, 9.17) is 11.6 Å². The highest BCUT2D eigenvalue weighted by Gasteiger charge is 2.26. The Kier molecular flexibility index (Phi) is 5.22. The third-order valence-electron chi connectivity index (χ3n) is 3.32. The Hall–Kier alpha value is -2.27. The summed E-state index contributed by atoms with van der Waals surface area (Å²) in [5.41, 5.74) is 1.06. The van der Waals surface area contributed by atoms with Gasteiger partial charge in [0, 0.05) is 17.0 Å². The number of halogens is 1. The highest BCUT2D eigenvalue weighted by atomic mass is 35.5. The lowest BCUT2D eigenvalue weighted by atomic mass is 9.91. The van der Waals surface area contributed by atoms with Gasteiger partial charge >= 0.3 is 0 Å². The fraction of sp³-hybridized carbons (Fsp3) is 0.250. The topological polar surface area (TPSA) is 64.8 Å². The zero-order valence-corrected chi connectivity index (χ0v) is 13.0. The lowest BCUT2D eigenvalue weighted by molar-refractivity contribution is -0.120. The predicted molar refractivity (Wildman–Crippen MR) is 85.0 cm³/mol. The van der Waals surface area contributed by atoms with Crippen molar-refractivity contribution in [1.29, 1.82) is 0 Å². The van der Waals surface area contributed by atoms with Crippen molar-refractivity contribution in [1.82, 2.24) is 14.8 Å². The number of carbonyl (C=O) groups excluding carboxylic acids is 2. The summed E-state index contributed by atoms with van der Waals surface area (Å²) in [5, 5.41) is 4.30. The van der Waals surface area contributed by atoms with E-state index in [1.807, 2.05) is 0 Å². The Morgan fingerprint density at radius 3 is 2.77 bits per heavy atom. The summed E-state index contributed by atoms with van der Waals surface area (Å²) in [6.45, 7) is 5.57. The Bertz CT molecular complexity index is 697. The lowest BCUT2D eigenvalue weighted by Gasteiger charge is -2.14. The molecule has 0 saturated carbocycles. The van der Waals surface area contributed by atoms with Gasteiger partial charge in [0.25, 0.3) is 0 Å². The van der Waals surface area contributed by atoms with Gasteiger partial charge < -0.3 is 0 Å². The number of ketones is 2. The van der Waals surface area contributed by atoms with Gasteiger partial charge in [-0.15, -0.1) is 0 Å². The summed E-state index contributed by atoms with van der Waals surface area (Å²) in [4.78, 5) is 28.3. The van der Waals surface area contributed by atoms with Crippen molar-refractivity contribution in [3.63, 3.8) is 0 Å². The molecule has 0 N–H and O–H groups in total. The highest BCUT2D eigenvalue weighted by Crippen LogP contribution is 2.27. The van der Waals surface area contributed by atoms with Crippen molar-refractivity contribution >= 4 is 28.9 Å². The third-order valence-corrected chi connectivity index (χ3v) is 3.70. The van der Waals surface area contributed by atoms with Gasteiger partial charge in [-0.2, -0.15) is 5.10 Å². The van der Waals surface area contributed by atoms with Crippen LogP contribution < -0.4 is 0 Å². The van der Waals surface area contributed by atoms with Crippen LogP contribution in [0.15, 0.2) is 53.6 Å². The van der Waals surface area contributed by atoms with E-state index in [2.05, 4.69) is 16.7 Å². The monoisotopic (exact) mass is 317 g/mol. The Morgan fingerprint density at radius 1 is 1.41 bits per heavy atom. The first-order valence-electron chi connectivity index (χ1n) is 6.89. The summed E-state index contributed by atoms with van der Waals surface area (Å²) >= 11 is 6.06. The van der Waals surface area contributed by atoms with Gasteiger partial charge in [0.15, 0.2) is 11.6 Å². The second-order valence-electron chi connectivity index (χ2n) is 4.79. The molecule has 22 heavy (non-hydrogen) atoms. The van der Waals surface area contributed by atoms with Gasteiger partial charge in [-0.3, -0.25) is 9.59 Å². The predicted octanol–water partition coefficient (Wildman–Crippen LogP) is 3.07. The molecule has 0 atom stereocenters. The molecule has 114 valence electrons. The molecule has 1 aromatic heterocycles. The summed E-state index contributed by atoms with van der Waals surface area (Å²) < 4.78 is 1.48. The number of Topliss-reactive ketones (excluding diaryl/α,β-unsaturated/α-hetero) is 2. The molecule has 0 unspecified atom stereocenters. The maximum Gasteiger partial charge on any atom is 0.197 e. The Morgan fingerprint density at radius 2 is 2.18 bits per heavy atom. The summed E-state index contributed by atoms with van der Waals surface area (Å²) in [7, 11) is 0. The van der Waals surface area contributed by atoms with Crippen molar-refractivity contribution in [2.24, 2.45) is 0 Å². The van der Waals surface area contributed by atoms with Crippen LogP contribution in [0.1, 0.15) is 26.2 Å². The molecule has 0 aliphatic heterocycles. The van der Waals surface area contributed by atoms with Crippen LogP contribution in [0.5, 0.6) is 0 Å². The van der Waals surface area contributed by atoms with Crippen molar-refractivity contribution in [2.45, 2.75) is 26.2 Å². The average Bonchev–Trinajstić information content (AvgIpc) is 3.01. The van der Waals surface area contributed by atoms with Crippen LogP contribution in [0, 0.1) is 0 Å². The van der Waals surface area contributed by atoms with E-state index in [9.17, 15) is 9.59 Å². The SMILES string of the molecule is C=C(/C=C\C(=C/C)C(=O)C1=C(Cl)CCCC1=O)n1cncn1. The van der Waals surface area contributed by atoms with Crippen molar-refractivity contribution < 1.29 is 9.59 Å². The molecule has 0 bridgehead atoms. The Labute approximate surface area is 133 Å². The third kappa shape index (κ3) is 3.49. The number of carbonyl (C=O) groups is 2. The highest BCUT2D eigenvalue weighted by molar-refractivity contribution is 6.39. The van der Waals surface area contributed by atoms with Gasteiger partial charge in [-0.05, 0) is 31.9 Å². The number of allylic oxidation sites excluding steroid dienone is 7. The number of aromatic nitrogens is 3. The first-order chi connectivity index (χ1) is 10.5. The molecule has 0 fully saturated rings. The maximum atomic E-state index is 12.5. The van der Waals surface area contributed by atoms with E-state index in [1.54, 1.807) is 25.2 Å². The second kappa shape index (κ2) is 7.13. The van der Waals surface area contributed by atoms with E-state index < -0.39 is 0 Å². The minimum atomic E-state index is -0.347. The van der Waals surface area contributed by atoms with Gasteiger partial charge in [0.05, 0.1) is 11.3 Å². The molecule has 0 spiro atoms. The van der Waals surface area contributed by atoms with Gasteiger partial charge in [-0.25, -0.2) is 9.67 Å². The van der Waals surface area contributed by atoms with Crippen LogP contribution in [0.25, 0.3) is 5.70 Å². The lowest BCUT2D eigenvalue weighted by Crippen LogP contribution is -2.19. The molecule has 2 rings (SSSR count). The maximum absolute atomic E-state index is 12.5. The standard InChI is InChI=1S/C16H16ClN3O2/c1-3-12(8-7-11(2)20-10-18-9-19-20)16(22)15-13(17)5-4-6-14(15)21/h3,7-10H,2,4-6H2,1H3/b8-7-,12-3+. The summed E-state index contributed by atoms with van der Waals surface area (Å²) in [6, 6.07) is 0. The smallest absolute Gasteiger partial charge is 0.197 e. The van der Waals surface area contributed by atoms with Crippen LogP contribution in [0.3, 0.4) is 0 Å². The number of nitrogens with zero attached hydrogens (tertiary/aromatic N) is 3. The van der Waals surface area contributed by atoms with Crippen LogP contribution in [0.4, 0.5) is 0 Å². The molecule has 1 heterocycles. The minimum Gasteiger partial charge on any atom is -0.294 e. The molecule has 6 heteroatoms. The quantitative estimate of drug-likeness (QED) is 0.475. The van der Waals surface area contributed by atoms with Gasteiger partial charge in [0.1, 0.15) is 12.7 Å². The molecule has 5 nitrogen and oxygen atoms in total. The average molecular weight is 318 g/mol. The van der Waals surface area contributed by atoms with Crippen molar-refractivity contribution in [3.8, 4) is 0 Å². The molecule has 0 radical (unpaired) electrons. The zero-order chi connectivity index (χ0) is 16.1.